The first-order valence-electron chi connectivity index (χ1n) is 7.75. The van der Waals surface area contributed by atoms with Gasteiger partial charge in [0, 0.05) is 6.04 Å². The molecule has 3 rings (SSSR count). The van der Waals surface area contributed by atoms with Gasteiger partial charge in [0.2, 0.25) is 21.8 Å². The van der Waals surface area contributed by atoms with Crippen LogP contribution in [0, 0.1) is 0 Å². The summed E-state index contributed by atoms with van der Waals surface area (Å²) in [5, 5.41) is -0.0230. The summed E-state index contributed by atoms with van der Waals surface area (Å²) in [6.45, 7) is 3.31. The maximum absolute atomic E-state index is 12.6. The average molecular weight is 380 g/mol. The number of rotatable bonds is 4. The maximum Gasteiger partial charge on any atom is 0.326 e. The summed E-state index contributed by atoms with van der Waals surface area (Å²) in [5.74, 6) is -1.07. The van der Waals surface area contributed by atoms with Gasteiger partial charge in [-0.05, 0) is 32.0 Å². The zero-order valence-corrected chi connectivity index (χ0v) is 14.7. The lowest BCUT2D eigenvalue weighted by Crippen LogP contribution is -2.43. The van der Waals surface area contributed by atoms with Gasteiger partial charge in [-0.25, -0.2) is 13.2 Å². The van der Waals surface area contributed by atoms with E-state index in [0.29, 0.717) is 0 Å². The third-order valence-electron chi connectivity index (χ3n) is 4.02. The molecule has 26 heavy (non-hydrogen) atoms. The Hall–Kier alpha value is -2.79. The standard InChI is InChI=1S/C15H16N4O6S/c1-7(2)19-12(20)6-11(14(19)22)18-26(24,25)8-3-4-10-9(5-8)13(21)17-15(23)16-10/h3-5,7,11,18H,6H2,1-2H3,(H2,16,17,21,23)/t11-/m1/s1. The molecule has 2 heterocycles. The molecule has 0 bridgehead atoms. The molecule has 1 aromatic carbocycles. The number of fused-ring (bicyclic) bond motifs is 1. The molecule has 2 aromatic rings. The van der Waals surface area contributed by atoms with Crippen LogP contribution in [0.1, 0.15) is 20.3 Å². The van der Waals surface area contributed by atoms with Crippen molar-refractivity contribution < 1.29 is 18.0 Å². The fourth-order valence-corrected chi connectivity index (χ4v) is 4.07. The zero-order chi connectivity index (χ0) is 19.2. The number of carbonyl (C=O) groups excluding carboxylic acids is 2. The Morgan fingerprint density at radius 2 is 1.85 bits per heavy atom. The fourth-order valence-electron chi connectivity index (χ4n) is 2.85. The predicted octanol–water partition coefficient (Wildman–Crippen LogP) is -0.969. The van der Waals surface area contributed by atoms with Crippen LogP contribution in [0.3, 0.4) is 0 Å². The van der Waals surface area contributed by atoms with Crippen molar-refractivity contribution in [3.63, 3.8) is 0 Å². The van der Waals surface area contributed by atoms with Gasteiger partial charge in [-0.3, -0.25) is 24.3 Å². The van der Waals surface area contributed by atoms with Crippen LogP contribution in [0.5, 0.6) is 0 Å². The molecule has 1 fully saturated rings. The van der Waals surface area contributed by atoms with Gasteiger partial charge in [0.05, 0.1) is 22.2 Å². The molecule has 11 heteroatoms. The Kier molecular flexibility index (Phi) is 4.28. The van der Waals surface area contributed by atoms with Crippen LogP contribution >= 0.6 is 0 Å². The number of nitrogens with zero attached hydrogens (tertiary/aromatic N) is 1. The zero-order valence-electron chi connectivity index (χ0n) is 13.9. The number of aromatic nitrogens is 2. The molecule has 138 valence electrons. The smallest absolute Gasteiger partial charge is 0.307 e. The van der Waals surface area contributed by atoms with Crippen LogP contribution in [0.4, 0.5) is 0 Å². The number of benzene rings is 1. The van der Waals surface area contributed by atoms with Gasteiger partial charge in [0.1, 0.15) is 6.04 Å². The molecule has 0 radical (unpaired) electrons. The van der Waals surface area contributed by atoms with Gasteiger partial charge < -0.3 is 4.98 Å². The van der Waals surface area contributed by atoms with E-state index >= 15 is 0 Å². The van der Waals surface area contributed by atoms with Crippen molar-refractivity contribution in [1.82, 2.24) is 19.6 Å². The monoisotopic (exact) mass is 380 g/mol. The fraction of sp³-hybridized carbons (Fsp3) is 0.333. The third kappa shape index (κ3) is 3.06. The first kappa shape index (κ1) is 18.0. The van der Waals surface area contributed by atoms with E-state index in [1.54, 1.807) is 13.8 Å². The maximum atomic E-state index is 12.6. The largest absolute Gasteiger partial charge is 0.326 e. The highest BCUT2D eigenvalue weighted by molar-refractivity contribution is 7.89. The van der Waals surface area contributed by atoms with Gasteiger partial charge in [0.15, 0.2) is 0 Å². The molecule has 2 amide bonds. The van der Waals surface area contributed by atoms with E-state index in [2.05, 4.69) is 9.71 Å². The number of nitrogens with one attached hydrogen (secondary N) is 3. The summed E-state index contributed by atoms with van der Waals surface area (Å²) in [5.41, 5.74) is -1.27. The van der Waals surface area contributed by atoms with Crippen molar-refractivity contribution in [3.05, 3.63) is 39.0 Å². The third-order valence-corrected chi connectivity index (χ3v) is 5.49. The Morgan fingerprint density at radius 1 is 1.15 bits per heavy atom. The van der Waals surface area contributed by atoms with Gasteiger partial charge >= 0.3 is 5.69 Å². The highest BCUT2D eigenvalue weighted by Crippen LogP contribution is 2.20. The lowest BCUT2D eigenvalue weighted by Gasteiger charge is -2.19. The minimum atomic E-state index is -4.16. The van der Waals surface area contributed by atoms with E-state index in [0.717, 1.165) is 11.0 Å². The van der Waals surface area contributed by atoms with E-state index < -0.39 is 39.1 Å². The number of amides is 2. The van der Waals surface area contributed by atoms with Crippen LogP contribution in [0.2, 0.25) is 0 Å². The number of hydrogen-bond donors (Lipinski definition) is 3. The van der Waals surface area contributed by atoms with Crippen LogP contribution < -0.4 is 16.0 Å². The Morgan fingerprint density at radius 3 is 2.46 bits per heavy atom. The molecule has 1 atom stereocenters. The predicted molar refractivity (Wildman–Crippen MR) is 90.9 cm³/mol. The number of sulfonamides is 1. The molecule has 10 nitrogen and oxygen atoms in total. The van der Waals surface area contributed by atoms with E-state index in [1.165, 1.54) is 12.1 Å². The minimum absolute atomic E-state index is 0.0230. The average Bonchev–Trinajstić information content (AvgIpc) is 2.80. The number of imide groups is 1. The van der Waals surface area contributed by atoms with Crippen molar-refractivity contribution in [2.75, 3.05) is 0 Å². The number of likely N-dealkylation sites (tertiary alicyclic amines) is 1. The first-order valence-corrected chi connectivity index (χ1v) is 9.23. The first-order chi connectivity index (χ1) is 12.1. The summed E-state index contributed by atoms with van der Waals surface area (Å²) in [4.78, 5) is 52.4. The number of H-pyrrole nitrogens is 2. The van der Waals surface area contributed by atoms with Crippen molar-refractivity contribution in [2.45, 2.75) is 37.2 Å². The van der Waals surface area contributed by atoms with Crippen LogP contribution in [-0.4, -0.2) is 47.2 Å². The molecule has 3 N–H and O–H groups in total. The summed E-state index contributed by atoms with van der Waals surface area (Å²) in [6.07, 6.45) is -0.266. The van der Waals surface area contributed by atoms with Crippen LogP contribution in [0.15, 0.2) is 32.7 Å². The topological polar surface area (TPSA) is 149 Å². The molecule has 1 aliphatic rings. The molecule has 0 unspecified atom stereocenters. The van der Waals surface area contributed by atoms with Gasteiger partial charge in [0.25, 0.3) is 5.56 Å². The van der Waals surface area contributed by atoms with Gasteiger partial charge in [-0.15, -0.1) is 0 Å². The molecule has 1 saturated heterocycles. The summed E-state index contributed by atoms with van der Waals surface area (Å²) >= 11 is 0. The van der Waals surface area contributed by atoms with Crippen molar-refractivity contribution in [3.8, 4) is 0 Å². The molecule has 1 aromatic heterocycles. The molecule has 1 aliphatic heterocycles. The highest BCUT2D eigenvalue weighted by atomic mass is 32.2. The SMILES string of the molecule is CC(C)N1C(=O)C[C@@H](NS(=O)(=O)c2ccc3[nH]c(=O)[nH]c(=O)c3c2)C1=O. The quantitative estimate of drug-likeness (QED) is 0.581. The lowest BCUT2D eigenvalue weighted by atomic mass is 10.2. The van der Waals surface area contributed by atoms with Gasteiger partial charge in [-0.2, -0.15) is 4.72 Å². The minimum Gasteiger partial charge on any atom is -0.307 e. The van der Waals surface area contributed by atoms with E-state index in [-0.39, 0.29) is 28.3 Å². The number of aromatic amines is 2. The molecular weight excluding hydrogens is 364 g/mol. The van der Waals surface area contributed by atoms with Gasteiger partial charge in [-0.1, -0.05) is 0 Å². The van der Waals surface area contributed by atoms with Crippen molar-refractivity contribution in [1.29, 1.82) is 0 Å². The second-order valence-electron chi connectivity index (χ2n) is 6.19. The lowest BCUT2D eigenvalue weighted by molar-refractivity contribution is -0.140. The second kappa shape index (κ2) is 6.18. The number of carbonyl (C=O) groups is 2. The summed E-state index contributed by atoms with van der Waals surface area (Å²) in [7, 11) is -4.16. The van der Waals surface area contributed by atoms with Crippen molar-refractivity contribution >= 4 is 32.7 Å². The molecule has 0 saturated carbocycles. The number of hydrogen-bond acceptors (Lipinski definition) is 6. The highest BCUT2D eigenvalue weighted by Gasteiger charge is 2.42. The summed E-state index contributed by atoms with van der Waals surface area (Å²) < 4.78 is 27.3. The second-order valence-corrected chi connectivity index (χ2v) is 7.90. The van der Waals surface area contributed by atoms with Crippen LogP contribution in [0.25, 0.3) is 10.9 Å². The van der Waals surface area contributed by atoms with Crippen molar-refractivity contribution in [2.24, 2.45) is 0 Å². The Balaban J connectivity index is 1.95. The van der Waals surface area contributed by atoms with E-state index in [9.17, 15) is 27.6 Å². The molecule has 0 aliphatic carbocycles. The Labute approximate surface area is 147 Å². The Bertz CT molecular complexity index is 1130. The molecular formula is C15H16N4O6S. The van der Waals surface area contributed by atoms with E-state index in [4.69, 9.17) is 0 Å². The normalized spacial score (nSPS) is 18.3. The summed E-state index contributed by atoms with van der Waals surface area (Å²) in [6, 6.07) is 2.00. The molecule has 0 spiro atoms. The van der Waals surface area contributed by atoms with E-state index in [1.807, 2.05) is 4.98 Å². The van der Waals surface area contributed by atoms with Crippen LogP contribution in [-0.2, 0) is 19.6 Å².